The molecule has 1 unspecified atom stereocenters. The highest BCUT2D eigenvalue weighted by molar-refractivity contribution is 5.85. The fraction of sp³-hybridized carbons (Fsp3) is 0.429. The second-order valence-corrected chi connectivity index (χ2v) is 6.92. The molecule has 2 aromatic rings. The quantitative estimate of drug-likeness (QED) is 0.878. The Morgan fingerprint density at radius 2 is 1.84 bits per heavy atom. The first-order chi connectivity index (χ1) is 11.5. The molecule has 1 heterocycles. The third-order valence-corrected chi connectivity index (χ3v) is 4.87. The van der Waals surface area contributed by atoms with Gasteiger partial charge in [-0.3, -0.25) is 4.90 Å². The van der Waals surface area contributed by atoms with Crippen molar-refractivity contribution in [3.05, 3.63) is 64.2 Å². The summed E-state index contributed by atoms with van der Waals surface area (Å²) in [6.45, 7) is 9.13. The molecule has 136 valence electrons. The summed E-state index contributed by atoms with van der Waals surface area (Å²) < 4.78 is 5.89. The van der Waals surface area contributed by atoms with Crippen LogP contribution in [0.25, 0.3) is 0 Å². The fourth-order valence-electron chi connectivity index (χ4n) is 3.40. The van der Waals surface area contributed by atoms with Gasteiger partial charge >= 0.3 is 0 Å². The van der Waals surface area contributed by atoms with Crippen molar-refractivity contribution in [3.8, 4) is 5.75 Å². The Morgan fingerprint density at radius 1 is 1.12 bits per heavy atom. The van der Waals surface area contributed by atoms with Gasteiger partial charge in [0.1, 0.15) is 18.5 Å². The summed E-state index contributed by atoms with van der Waals surface area (Å²) >= 11 is 0. The lowest BCUT2D eigenvalue weighted by atomic mass is 10.00. The number of rotatable bonds is 5. The molecule has 1 atom stereocenters. The molecule has 25 heavy (non-hydrogen) atoms. The van der Waals surface area contributed by atoms with E-state index in [1.807, 2.05) is 6.07 Å². The highest BCUT2D eigenvalue weighted by atomic mass is 35.5. The average molecular weight is 362 g/mol. The number of aliphatic hydroxyl groups excluding tert-OH is 1. The minimum atomic E-state index is -0.476. The van der Waals surface area contributed by atoms with Crippen LogP contribution < -0.4 is 4.74 Å². The summed E-state index contributed by atoms with van der Waals surface area (Å²) in [6, 6.07) is 12.8. The molecule has 0 amide bonds. The van der Waals surface area contributed by atoms with E-state index in [1.54, 1.807) is 0 Å². The van der Waals surface area contributed by atoms with Crippen LogP contribution in [0.3, 0.4) is 0 Å². The Morgan fingerprint density at radius 3 is 2.60 bits per heavy atom. The number of aliphatic hydroxyl groups is 1. The van der Waals surface area contributed by atoms with Crippen LogP contribution in [0.4, 0.5) is 0 Å². The Labute approximate surface area is 157 Å². The summed E-state index contributed by atoms with van der Waals surface area (Å²) in [7, 11) is 0. The molecule has 0 radical (unpaired) electrons. The van der Waals surface area contributed by atoms with Gasteiger partial charge < -0.3 is 9.84 Å². The summed E-state index contributed by atoms with van der Waals surface area (Å²) in [5.74, 6) is 0.885. The smallest absolute Gasteiger partial charge is 0.122 e. The van der Waals surface area contributed by atoms with E-state index in [9.17, 15) is 5.11 Å². The van der Waals surface area contributed by atoms with E-state index in [-0.39, 0.29) is 12.4 Å². The second-order valence-electron chi connectivity index (χ2n) is 6.92. The monoisotopic (exact) mass is 361 g/mol. The van der Waals surface area contributed by atoms with Crippen molar-refractivity contribution < 1.29 is 9.84 Å². The van der Waals surface area contributed by atoms with E-state index in [1.165, 1.54) is 22.3 Å². The number of aryl methyl sites for hydroxylation is 2. The molecule has 0 bridgehead atoms. The maximum Gasteiger partial charge on any atom is 0.122 e. The molecule has 4 heteroatoms. The lowest BCUT2D eigenvalue weighted by Crippen LogP contribution is -2.38. The summed E-state index contributed by atoms with van der Waals surface area (Å²) in [4.78, 5) is 2.31. The van der Waals surface area contributed by atoms with Gasteiger partial charge in [-0.15, -0.1) is 12.4 Å². The number of ether oxygens (including phenoxy) is 1. The topological polar surface area (TPSA) is 32.7 Å². The number of nitrogens with zero attached hydrogens (tertiary/aromatic N) is 1. The van der Waals surface area contributed by atoms with Gasteiger partial charge in [0.15, 0.2) is 0 Å². The maximum atomic E-state index is 10.4. The third kappa shape index (κ3) is 4.97. The Balaban J connectivity index is 0.00000225. The van der Waals surface area contributed by atoms with Gasteiger partial charge in [0, 0.05) is 19.6 Å². The van der Waals surface area contributed by atoms with Crippen LogP contribution in [-0.4, -0.2) is 35.8 Å². The fourth-order valence-corrected chi connectivity index (χ4v) is 3.40. The van der Waals surface area contributed by atoms with Crippen molar-refractivity contribution in [3.63, 3.8) is 0 Å². The van der Waals surface area contributed by atoms with Gasteiger partial charge in [0.05, 0.1) is 0 Å². The summed E-state index contributed by atoms with van der Waals surface area (Å²) in [5.41, 5.74) is 6.38. The minimum Gasteiger partial charge on any atom is -0.491 e. The van der Waals surface area contributed by atoms with Gasteiger partial charge in [0.25, 0.3) is 0 Å². The van der Waals surface area contributed by atoms with Gasteiger partial charge in [-0.2, -0.15) is 0 Å². The van der Waals surface area contributed by atoms with E-state index in [4.69, 9.17) is 4.74 Å². The molecule has 3 rings (SSSR count). The van der Waals surface area contributed by atoms with Gasteiger partial charge in [0.2, 0.25) is 0 Å². The zero-order valence-corrected chi connectivity index (χ0v) is 16.1. The van der Waals surface area contributed by atoms with Crippen molar-refractivity contribution >= 4 is 12.4 Å². The van der Waals surface area contributed by atoms with E-state index in [0.717, 1.165) is 30.8 Å². The first kappa shape index (κ1) is 19.8. The molecule has 0 spiro atoms. The number of fused-ring (bicyclic) bond motifs is 1. The van der Waals surface area contributed by atoms with Crippen molar-refractivity contribution in [1.82, 2.24) is 4.90 Å². The standard InChI is InChI=1S/C21H27NO2.ClH/c1-15-10-16(2)17(3)21(11-15)24-14-20(23)13-22-9-8-18-6-4-5-7-19(18)12-22;/h4-7,10-11,20,23H,8-9,12-14H2,1-3H3;1H. The van der Waals surface area contributed by atoms with Crippen LogP contribution in [0.2, 0.25) is 0 Å². The largest absolute Gasteiger partial charge is 0.491 e. The van der Waals surface area contributed by atoms with Crippen molar-refractivity contribution in [2.24, 2.45) is 0 Å². The highest BCUT2D eigenvalue weighted by Gasteiger charge is 2.19. The van der Waals surface area contributed by atoms with Crippen LogP contribution in [0.1, 0.15) is 27.8 Å². The molecule has 0 fully saturated rings. The first-order valence-electron chi connectivity index (χ1n) is 8.71. The predicted molar refractivity (Wildman–Crippen MR) is 105 cm³/mol. The molecule has 1 N–H and O–H groups in total. The van der Waals surface area contributed by atoms with Gasteiger partial charge in [-0.1, -0.05) is 30.3 Å². The summed E-state index contributed by atoms with van der Waals surface area (Å²) in [5, 5.41) is 10.4. The molecule has 0 saturated carbocycles. The van der Waals surface area contributed by atoms with E-state index in [2.05, 4.69) is 56.0 Å². The molecule has 0 aromatic heterocycles. The molecule has 3 nitrogen and oxygen atoms in total. The predicted octanol–water partition coefficient (Wildman–Crippen LogP) is 3.83. The zero-order valence-electron chi connectivity index (χ0n) is 15.3. The van der Waals surface area contributed by atoms with Crippen LogP contribution in [0.15, 0.2) is 36.4 Å². The van der Waals surface area contributed by atoms with E-state index < -0.39 is 6.10 Å². The van der Waals surface area contributed by atoms with Crippen LogP contribution >= 0.6 is 12.4 Å². The van der Waals surface area contributed by atoms with E-state index >= 15 is 0 Å². The van der Waals surface area contributed by atoms with Crippen LogP contribution in [0, 0.1) is 20.8 Å². The Bertz CT molecular complexity index is 717. The maximum absolute atomic E-state index is 10.4. The minimum absolute atomic E-state index is 0. The Hall–Kier alpha value is -1.55. The van der Waals surface area contributed by atoms with Crippen LogP contribution in [0.5, 0.6) is 5.75 Å². The average Bonchev–Trinajstić information content (AvgIpc) is 2.56. The second kappa shape index (κ2) is 8.70. The van der Waals surface area contributed by atoms with E-state index in [0.29, 0.717) is 13.2 Å². The third-order valence-electron chi connectivity index (χ3n) is 4.87. The molecule has 1 aliphatic rings. The highest BCUT2D eigenvalue weighted by Crippen LogP contribution is 2.24. The van der Waals surface area contributed by atoms with Crippen molar-refractivity contribution in [1.29, 1.82) is 0 Å². The number of β-amino-alcohol motifs (C(OH)–C–C–N with tert-alkyl or cyclic N) is 1. The zero-order chi connectivity index (χ0) is 17.1. The van der Waals surface area contributed by atoms with Crippen molar-refractivity contribution in [2.75, 3.05) is 19.7 Å². The molecular formula is C21H28ClNO2. The lowest BCUT2D eigenvalue weighted by Gasteiger charge is -2.30. The number of hydrogen-bond donors (Lipinski definition) is 1. The number of benzene rings is 2. The molecule has 0 saturated heterocycles. The first-order valence-corrected chi connectivity index (χ1v) is 8.71. The Kier molecular flexibility index (Phi) is 6.88. The van der Waals surface area contributed by atoms with Crippen LogP contribution in [-0.2, 0) is 13.0 Å². The SMILES string of the molecule is Cc1cc(C)c(C)c(OCC(O)CN2CCc3ccccc3C2)c1.Cl. The molecule has 2 aromatic carbocycles. The summed E-state index contributed by atoms with van der Waals surface area (Å²) in [6.07, 6.45) is 0.579. The van der Waals surface area contributed by atoms with Crippen molar-refractivity contribution in [2.45, 2.75) is 39.8 Å². The lowest BCUT2D eigenvalue weighted by molar-refractivity contribution is 0.0635. The number of hydrogen-bond acceptors (Lipinski definition) is 3. The molecule has 1 aliphatic heterocycles. The van der Waals surface area contributed by atoms with Gasteiger partial charge in [-0.25, -0.2) is 0 Å². The molecule has 0 aliphatic carbocycles. The normalized spacial score (nSPS) is 15.2. The number of halogens is 1. The van der Waals surface area contributed by atoms with Gasteiger partial charge in [-0.05, 0) is 61.1 Å². The molecular weight excluding hydrogens is 334 g/mol.